The van der Waals surface area contributed by atoms with Crippen molar-refractivity contribution >= 4 is 28.4 Å². The molecule has 0 unspecified atom stereocenters. The van der Waals surface area contributed by atoms with E-state index in [2.05, 4.69) is 69.1 Å². The predicted molar refractivity (Wildman–Crippen MR) is 81.0 cm³/mol. The molecule has 0 spiro atoms. The van der Waals surface area contributed by atoms with E-state index in [9.17, 15) is 0 Å². The van der Waals surface area contributed by atoms with E-state index in [1.807, 2.05) is 0 Å². The van der Waals surface area contributed by atoms with Gasteiger partial charge in [-0.05, 0) is 28.0 Å². The Morgan fingerprint density at radius 3 is 2.00 bits per heavy atom. The smallest absolute Gasteiger partial charge is 0.140 e. The fourth-order valence-electron chi connectivity index (χ4n) is 1.56. The Hall–Kier alpha value is -0.390. The first-order chi connectivity index (χ1) is 7.50. The monoisotopic (exact) mass is 347 g/mol. The summed E-state index contributed by atoms with van der Waals surface area (Å²) in [4.78, 5) is 9.08. The highest BCUT2D eigenvalue weighted by Crippen LogP contribution is 2.29. The van der Waals surface area contributed by atoms with Crippen molar-refractivity contribution in [3.05, 3.63) is 15.1 Å². The lowest BCUT2D eigenvalue weighted by atomic mass is 9.90. The van der Waals surface area contributed by atoms with Gasteiger partial charge in [0.1, 0.15) is 11.6 Å². The van der Waals surface area contributed by atoms with Crippen LogP contribution in [0.25, 0.3) is 0 Å². The van der Waals surface area contributed by atoms with Gasteiger partial charge in [0, 0.05) is 11.8 Å². The van der Waals surface area contributed by atoms with Crippen LogP contribution < -0.4 is 5.73 Å². The van der Waals surface area contributed by atoms with Crippen LogP contribution in [0.3, 0.4) is 0 Å². The largest absolute Gasteiger partial charge is 0.383 e. The zero-order valence-corrected chi connectivity index (χ0v) is 13.7. The number of anilines is 1. The second kappa shape index (κ2) is 4.71. The molecule has 4 heteroatoms. The van der Waals surface area contributed by atoms with Crippen LogP contribution in [0.15, 0.2) is 0 Å². The van der Waals surface area contributed by atoms with Crippen LogP contribution in [0.4, 0.5) is 5.82 Å². The third-order valence-electron chi connectivity index (χ3n) is 2.32. The van der Waals surface area contributed by atoms with Gasteiger partial charge in [-0.1, -0.05) is 41.5 Å². The average Bonchev–Trinajstić information content (AvgIpc) is 2.06. The first-order valence-electron chi connectivity index (χ1n) is 5.83. The molecule has 0 saturated carbocycles. The zero-order valence-electron chi connectivity index (χ0n) is 11.6. The first-order valence-corrected chi connectivity index (χ1v) is 6.91. The van der Waals surface area contributed by atoms with Gasteiger partial charge in [-0.2, -0.15) is 0 Å². The molecule has 1 aromatic rings. The number of nitrogens with zero attached hydrogens (tertiary/aromatic N) is 2. The van der Waals surface area contributed by atoms with Crippen LogP contribution in [0.5, 0.6) is 0 Å². The molecule has 0 aliphatic heterocycles. The van der Waals surface area contributed by atoms with Crippen LogP contribution >= 0.6 is 22.6 Å². The van der Waals surface area contributed by atoms with Gasteiger partial charge in [-0.15, -0.1) is 0 Å². The van der Waals surface area contributed by atoms with Gasteiger partial charge in [0.05, 0.1) is 9.26 Å². The fourth-order valence-corrected chi connectivity index (χ4v) is 2.61. The second-order valence-electron chi connectivity index (χ2n) is 6.68. The summed E-state index contributed by atoms with van der Waals surface area (Å²) >= 11 is 2.23. The van der Waals surface area contributed by atoms with E-state index in [0.29, 0.717) is 5.82 Å². The van der Waals surface area contributed by atoms with Crippen molar-refractivity contribution in [3.8, 4) is 0 Å². The Bertz CT molecular complexity index is 414. The second-order valence-corrected chi connectivity index (χ2v) is 7.75. The Kier molecular flexibility index (Phi) is 4.06. The topological polar surface area (TPSA) is 51.8 Å². The molecule has 0 amide bonds. The molecule has 0 bridgehead atoms. The molecular formula is C13H22IN3. The van der Waals surface area contributed by atoms with Crippen molar-refractivity contribution in [1.29, 1.82) is 0 Å². The maximum Gasteiger partial charge on any atom is 0.140 e. The Balaban J connectivity index is 3.25. The summed E-state index contributed by atoms with van der Waals surface area (Å²) in [5, 5.41) is 0. The summed E-state index contributed by atoms with van der Waals surface area (Å²) in [5.74, 6) is 1.45. The maximum absolute atomic E-state index is 5.98. The Labute approximate surface area is 118 Å². The molecule has 1 rings (SSSR count). The van der Waals surface area contributed by atoms with Crippen LogP contribution in [0, 0.1) is 8.99 Å². The van der Waals surface area contributed by atoms with Crippen molar-refractivity contribution in [2.24, 2.45) is 5.41 Å². The lowest BCUT2D eigenvalue weighted by Gasteiger charge is -2.23. The molecule has 17 heavy (non-hydrogen) atoms. The van der Waals surface area contributed by atoms with Crippen molar-refractivity contribution in [2.45, 2.75) is 53.4 Å². The van der Waals surface area contributed by atoms with Crippen LogP contribution in [0.1, 0.15) is 53.1 Å². The Morgan fingerprint density at radius 2 is 1.59 bits per heavy atom. The normalized spacial score (nSPS) is 12.9. The van der Waals surface area contributed by atoms with Gasteiger partial charge in [0.2, 0.25) is 0 Å². The number of rotatable bonds is 1. The molecule has 3 nitrogen and oxygen atoms in total. The van der Waals surface area contributed by atoms with Crippen molar-refractivity contribution in [1.82, 2.24) is 9.97 Å². The van der Waals surface area contributed by atoms with E-state index in [1.54, 1.807) is 0 Å². The minimum atomic E-state index is 0.000216. The van der Waals surface area contributed by atoms with E-state index < -0.39 is 0 Å². The molecule has 0 aliphatic carbocycles. The van der Waals surface area contributed by atoms with E-state index in [4.69, 9.17) is 10.7 Å². The third-order valence-corrected chi connectivity index (χ3v) is 3.39. The molecule has 96 valence electrons. The molecule has 0 radical (unpaired) electrons. The third kappa shape index (κ3) is 4.08. The molecule has 2 N–H and O–H groups in total. The molecular weight excluding hydrogens is 325 g/mol. The van der Waals surface area contributed by atoms with Gasteiger partial charge < -0.3 is 5.73 Å². The van der Waals surface area contributed by atoms with Crippen LogP contribution in [-0.2, 0) is 11.8 Å². The molecule has 0 atom stereocenters. The Morgan fingerprint density at radius 1 is 1.06 bits per heavy atom. The van der Waals surface area contributed by atoms with Gasteiger partial charge in [0.15, 0.2) is 0 Å². The van der Waals surface area contributed by atoms with E-state index in [1.165, 1.54) is 0 Å². The molecule has 0 fully saturated rings. The minimum absolute atomic E-state index is 0.000216. The van der Waals surface area contributed by atoms with Gasteiger partial charge in [-0.25, -0.2) is 9.97 Å². The van der Waals surface area contributed by atoms with E-state index >= 15 is 0 Å². The van der Waals surface area contributed by atoms with Gasteiger partial charge in [0.25, 0.3) is 0 Å². The van der Waals surface area contributed by atoms with Crippen LogP contribution in [0.2, 0.25) is 0 Å². The van der Waals surface area contributed by atoms with E-state index in [0.717, 1.165) is 21.5 Å². The number of hydrogen-bond donors (Lipinski definition) is 1. The highest BCUT2D eigenvalue weighted by molar-refractivity contribution is 14.1. The molecule has 0 saturated heterocycles. The first kappa shape index (κ1) is 14.7. The summed E-state index contributed by atoms with van der Waals surface area (Å²) in [6.07, 6.45) is 0.844. The van der Waals surface area contributed by atoms with Crippen molar-refractivity contribution in [2.75, 3.05) is 5.73 Å². The maximum atomic E-state index is 5.98. The summed E-state index contributed by atoms with van der Waals surface area (Å²) in [6, 6.07) is 0. The number of aromatic nitrogens is 2. The lowest BCUT2D eigenvalue weighted by Crippen LogP contribution is -2.21. The molecule has 1 aromatic heterocycles. The lowest BCUT2D eigenvalue weighted by molar-refractivity contribution is 0.398. The molecule has 0 aliphatic rings. The highest BCUT2D eigenvalue weighted by atomic mass is 127. The van der Waals surface area contributed by atoms with E-state index in [-0.39, 0.29) is 10.8 Å². The van der Waals surface area contributed by atoms with Gasteiger partial charge >= 0.3 is 0 Å². The summed E-state index contributed by atoms with van der Waals surface area (Å²) < 4.78 is 0.979. The molecule has 1 heterocycles. The van der Waals surface area contributed by atoms with Crippen molar-refractivity contribution in [3.63, 3.8) is 0 Å². The zero-order chi connectivity index (χ0) is 13.4. The van der Waals surface area contributed by atoms with Crippen LogP contribution in [-0.4, -0.2) is 9.97 Å². The number of hydrogen-bond acceptors (Lipinski definition) is 3. The predicted octanol–water partition coefficient (Wildman–Crippen LogP) is 3.55. The highest BCUT2D eigenvalue weighted by Gasteiger charge is 2.23. The van der Waals surface area contributed by atoms with Crippen molar-refractivity contribution < 1.29 is 0 Å². The minimum Gasteiger partial charge on any atom is -0.383 e. The summed E-state index contributed by atoms with van der Waals surface area (Å²) in [7, 11) is 0. The standard InChI is InChI=1S/C13H22IN3/c1-12(2,3)7-8-16-10(13(4,5)6)9(14)11(15)17-8/h7H2,1-6H3,(H2,15,16,17). The fraction of sp³-hybridized carbons (Fsp3) is 0.692. The molecule has 0 aromatic carbocycles. The average molecular weight is 347 g/mol. The SMILES string of the molecule is CC(C)(C)Cc1nc(N)c(I)c(C(C)(C)C)n1. The number of nitrogen functional groups attached to an aromatic ring is 1. The summed E-state index contributed by atoms with van der Waals surface area (Å²) in [6.45, 7) is 13.0. The van der Waals surface area contributed by atoms with Gasteiger partial charge in [-0.3, -0.25) is 0 Å². The number of halogens is 1. The quantitative estimate of drug-likeness (QED) is 0.791. The summed E-state index contributed by atoms with van der Waals surface area (Å²) in [5.41, 5.74) is 7.20. The number of nitrogens with two attached hydrogens (primary N) is 1.